The lowest BCUT2D eigenvalue weighted by molar-refractivity contribution is -0.136. The van der Waals surface area contributed by atoms with Crippen LogP contribution in [0.3, 0.4) is 0 Å². The van der Waals surface area contributed by atoms with Crippen molar-refractivity contribution in [1.29, 1.82) is 0 Å². The number of aryl methyl sites for hydroxylation is 1. The van der Waals surface area contributed by atoms with E-state index in [0.717, 1.165) is 24.8 Å². The van der Waals surface area contributed by atoms with Gasteiger partial charge in [0.25, 0.3) is 5.91 Å². The average molecular weight is 309 g/mol. The van der Waals surface area contributed by atoms with Crippen LogP contribution in [0.15, 0.2) is 18.2 Å². The van der Waals surface area contributed by atoms with Gasteiger partial charge in [0, 0.05) is 19.7 Å². The third-order valence-electron chi connectivity index (χ3n) is 4.70. The first-order valence-electron chi connectivity index (χ1n) is 7.77. The van der Waals surface area contributed by atoms with Crippen LogP contribution in [0.4, 0.5) is 4.39 Å². The van der Waals surface area contributed by atoms with Crippen molar-refractivity contribution in [3.63, 3.8) is 0 Å². The molecular formula is C17H24FNO3. The predicted octanol–water partition coefficient (Wildman–Crippen LogP) is 2.52. The lowest BCUT2D eigenvalue weighted by Crippen LogP contribution is -2.46. The number of rotatable bonds is 5. The van der Waals surface area contributed by atoms with Crippen LogP contribution in [-0.2, 0) is 4.79 Å². The van der Waals surface area contributed by atoms with Crippen molar-refractivity contribution >= 4 is 5.91 Å². The molecule has 0 bridgehead atoms. The summed E-state index contributed by atoms with van der Waals surface area (Å²) in [6.45, 7) is 5.16. The number of ether oxygens (including phenoxy) is 1. The van der Waals surface area contributed by atoms with Crippen molar-refractivity contribution in [1.82, 2.24) is 4.90 Å². The summed E-state index contributed by atoms with van der Waals surface area (Å²) in [7, 11) is 0. The summed E-state index contributed by atoms with van der Waals surface area (Å²) in [6, 6.07) is 4.59. The minimum atomic E-state index is -0.456. The first-order chi connectivity index (χ1) is 10.5. The molecule has 1 aromatic rings. The molecule has 1 aliphatic rings. The zero-order chi connectivity index (χ0) is 16.2. The quantitative estimate of drug-likeness (QED) is 0.909. The van der Waals surface area contributed by atoms with Crippen LogP contribution >= 0.6 is 0 Å². The molecule has 1 amide bonds. The lowest BCUT2D eigenvalue weighted by Gasteiger charge is -2.40. The van der Waals surface area contributed by atoms with Crippen molar-refractivity contribution in [3.05, 3.63) is 29.6 Å². The molecule has 0 radical (unpaired) electrons. The number of amides is 1. The predicted molar refractivity (Wildman–Crippen MR) is 82.3 cm³/mol. The van der Waals surface area contributed by atoms with Crippen LogP contribution in [0.5, 0.6) is 5.75 Å². The maximum absolute atomic E-state index is 13.6. The largest absolute Gasteiger partial charge is 0.481 e. The molecule has 0 spiro atoms. The molecular weight excluding hydrogens is 285 g/mol. The highest BCUT2D eigenvalue weighted by Gasteiger charge is 2.33. The van der Waals surface area contributed by atoms with Gasteiger partial charge in [0.15, 0.2) is 18.2 Å². The fourth-order valence-corrected chi connectivity index (χ4v) is 2.81. The number of aliphatic hydroxyl groups is 1. The van der Waals surface area contributed by atoms with Gasteiger partial charge >= 0.3 is 0 Å². The Bertz CT molecular complexity index is 519. The molecule has 22 heavy (non-hydrogen) atoms. The van der Waals surface area contributed by atoms with Gasteiger partial charge < -0.3 is 14.7 Å². The van der Waals surface area contributed by atoms with Crippen LogP contribution < -0.4 is 4.74 Å². The van der Waals surface area contributed by atoms with E-state index >= 15 is 0 Å². The number of carbonyl (C=O) groups is 1. The molecule has 1 N–H and O–H groups in total. The minimum absolute atomic E-state index is 0.0553. The van der Waals surface area contributed by atoms with E-state index in [1.54, 1.807) is 17.0 Å². The summed E-state index contributed by atoms with van der Waals surface area (Å²) in [6.07, 6.45) is 2.51. The van der Waals surface area contributed by atoms with Gasteiger partial charge in [0.1, 0.15) is 0 Å². The Morgan fingerprint density at radius 2 is 2.09 bits per heavy atom. The van der Waals surface area contributed by atoms with Crippen molar-refractivity contribution in [2.75, 3.05) is 26.3 Å². The zero-order valence-electron chi connectivity index (χ0n) is 13.3. The van der Waals surface area contributed by atoms with Crippen molar-refractivity contribution in [3.8, 4) is 5.75 Å². The fraction of sp³-hybridized carbons (Fsp3) is 0.588. The highest BCUT2D eigenvalue weighted by Crippen LogP contribution is 2.34. The number of aliphatic hydroxyl groups excluding tert-OH is 1. The molecule has 0 aromatic heterocycles. The molecule has 0 unspecified atom stereocenters. The third kappa shape index (κ3) is 3.77. The third-order valence-corrected chi connectivity index (χ3v) is 4.70. The number of nitrogens with zero attached hydrogens (tertiary/aromatic N) is 1. The van der Waals surface area contributed by atoms with Crippen LogP contribution in [0, 0.1) is 18.2 Å². The minimum Gasteiger partial charge on any atom is -0.481 e. The summed E-state index contributed by atoms with van der Waals surface area (Å²) < 4.78 is 18.9. The van der Waals surface area contributed by atoms with Gasteiger partial charge in [0.05, 0.1) is 0 Å². The second kappa shape index (κ2) is 7.09. The molecule has 4 nitrogen and oxygen atoms in total. The van der Waals surface area contributed by atoms with Gasteiger partial charge in [0.2, 0.25) is 0 Å². The maximum Gasteiger partial charge on any atom is 0.260 e. The molecule has 0 atom stereocenters. The first-order valence-corrected chi connectivity index (χ1v) is 7.77. The van der Waals surface area contributed by atoms with E-state index in [1.165, 1.54) is 6.07 Å². The smallest absolute Gasteiger partial charge is 0.260 e. The van der Waals surface area contributed by atoms with Gasteiger partial charge in [-0.15, -0.1) is 0 Å². The molecule has 1 saturated heterocycles. The Balaban J connectivity index is 1.87. The van der Waals surface area contributed by atoms with E-state index in [0.29, 0.717) is 13.1 Å². The van der Waals surface area contributed by atoms with E-state index in [1.807, 2.05) is 6.92 Å². The van der Waals surface area contributed by atoms with Gasteiger partial charge in [-0.2, -0.15) is 0 Å². The first kappa shape index (κ1) is 16.7. The molecule has 1 aliphatic heterocycles. The summed E-state index contributed by atoms with van der Waals surface area (Å²) in [5.74, 6) is -0.477. The number of hydrogen-bond donors (Lipinski definition) is 1. The molecule has 0 saturated carbocycles. The number of hydrogen-bond acceptors (Lipinski definition) is 3. The van der Waals surface area contributed by atoms with Gasteiger partial charge in [-0.3, -0.25) is 4.79 Å². The number of benzene rings is 1. The Kier molecular flexibility index (Phi) is 5.40. The summed E-state index contributed by atoms with van der Waals surface area (Å²) in [4.78, 5) is 13.9. The standard InChI is InChI=1S/C17H24FNO3/c1-3-17(12-20)6-8-19(9-7-17)16(21)11-22-15-10-13(2)4-5-14(15)18/h4-5,10,20H,3,6-9,11-12H2,1-2H3. The van der Waals surface area contributed by atoms with E-state index in [-0.39, 0.29) is 30.3 Å². The average Bonchev–Trinajstić information content (AvgIpc) is 2.55. The van der Waals surface area contributed by atoms with Crippen molar-refractivity contribution in [2.24, 2.45) is 5.41 Å². The highest BCUT2D eigenvalue weighted by molar-refractivity contribution is 5.77. The van der Waals surface area contributed by atoms with E-state index < -0.39 is 5.82 Å². The number of likely N-dealkylation sites (tertiary alicyclic amines) is 1. The normalized spacial score (nSPS) is 17.4. The fourth-order valence-electron chi connectivity index (χ4n) is 2.81. The van der Waals surface area contributed by atoms with E-state index in [2.05, 4.69) is 6.92 Å². The molecule has 1 heterocycles. The van der Waals surface area contributed by atoms with Crippen LogP contribution in [0.2, 0.25) is 0 Å². The molecule has 122 valence electrons. The van der Waals surface area contributed by atoms with E-state index in [9.17, 15) is 14.3 Å². The topological polar surface area (TPSA) is 49.8 Å². The number of carbonyl (C=O) groups excluding carboxylic acids is 1. The highest BCUT2D eigenvalue weighted by atomic mass is 19.1. The summed E-state index contributed by atoms with van der Waals surface area (Å²) in [5.41, 5.74) is 0.831. The monoisotopic (exact) mass is 309 g/mol. The van der Waals surface area contributed by atoms with Crippen LogP contribution in [0.1, 0.15) is 31.7 Å². The molecule has 1 fully saturated rings. The Morgan fingerprint density at radius 3 is 2.68 bits per heavy atom. The van der Waals surface area contributed by atoms with Crippen molar-refractivity contribution in [2.45, 2.75) is 33.1 Å². The molecule has 0 aliphatic carbocycles. The second-order valence-corrected chi connectivity index (χ2v) is 6.12. The Hall–Kier alpha value is -1.62. The maximum atomic E-state index is 13.6. The number of piperidine rings is 1. The van der Waals surface area contributed by atoms with Crippen molar-refractivity contribution < 1.29 is 19.0 Å². The van der Waals surface area contributed by atoms with Crippen LogP contribution in [-0.4, -0.2) is 42.2 Å². The molecule has 5 heteroatoms. The summed E-state index contributed by atoms with van der Waals surface area (Å²) in [5, 5.41) is 9.51. The second-order valence-electron chi connectivity index (χ2n) is 6.12. The molecule has 2 rings (SSSR count). The Labute approximate surface area is 130 Å². The molecule has 1 aromatic carbocycles. The SMILES string of the molecule is CCC1(CO)CCN(C(=O)COc2cc(C)ccc2F)CC1. The zero-order valence-corrected chi connectivity index (χ0v) is 13.3. The summed E-state index contributed by atoms with van der Waals surface area (Å²) >= 11 is 0. The van der Waals surface area contributed by atoms with Gasteiger partial charge in [-0.25, -0.2) is 4.39 Å². The van der Waals surface area contributed by atoms with Gasteiger partial charge in [-0.05, 0) is 49.3 Å². The van der Waals surface area contributed by atoms with E-state index in [4.69, 9.17) is 4.74 Å². The van der Waals surface area contributed by atoms with Crippen LogP contribution in [0.25, 0.3) is 0 Å². The number of halogens is 1. The lowest BCUT2D eigenvalue weighted by atomic mass is 9.77. The van der Waals surface area contributed by atoms with Gasteiger partial charge in [-0.1, -0.05) is 13.0 Å². The Morgan fingerprint density at radius 1 is 1.41 bits per heavy atom.